The fraction of sp³-hybridized carbons (Fsp3) is 0.429. The molecule has 0 atom stereocenters. The largest absolute Gasteiger partial charge is 0.377 e. The minimum atomic E-state index is 0.278. The van der Waals surface area contributed by atoms with Crippen molar-refractivity contribution in [1.82, 2.24) is 20.3 Å². The lowest BCUT2D eigenvalue weighted by Crippen LogP contribution is -2.21. The molecule has 0 saturated heterocycles. The molecule has 5 nitrogen and oxygen atoms in total. The highest BCUT2D eigenvalue weighted by molar-refractivity contribution is 5.28. The summed E-state index contributed by atoms with van der Waals surface area (Å²) < 4.78 is 5.45. The Kier molecular flexibility index (Phi) is 5.06. The van der Waals surface area contributed by atoms with Gasteiger partial charge in [0.2, 0.25) is 0 Å². The first-order valence-electron chi connectivity index (χ1n) is 6.54. The van der Waals surface area contributed by atoms with Gasteiger partial charge in [-0.05, 0) is 26.0 Å². The second-order valence-corrected chi connectivity index (χ2v) is 4.56. The van der Waals surface area contributed by atoms with Crippen molar-refractivity contribution in [1.29, 1.82) is 0 Å². The van der Waals surface area contributed by atoms with Gasteiger partial charge >= 0.3 is 0 Å². The van der Waals surface area contributed by atoms with Crippen LogP contribution in [0.4, 0.5) is 0 Å². The summed E-state index contributed by atoms with van der Waals surface area (Å²) in [6.07, 6.45) is 2.06. The summed E-state index contributed by atoms with van der Waals surface area (Å²) in [4.78, 5) is 1.64. The van der Waals surface area contributed by atoms with Gasteiger partial charge in [0, 0.05) is 13.1 Å². The molecule has 0 fully saturated rings. The molecule has 0 bridgehead atoms. The van der Waals surface area contributed by atoms with Crippen molar-refractivity contribution in [3.63, 3.8) is 0 Å². The first-order valence-corrected chi connectivity index (χ1v) is 6.54. The van der Waals surface area contributed by atoms with Gasteiger partial charge in [0.25, 0.3) is 0 Å². The number of hydrogen-bond donors (Lipinski definition) is 1. The van der Waals surface area contributed by atoms with E-state index >= 15 is 0 Å². The molecule has 0 aliphatic rings. The Labute approximate surface area is 113 Å². The minimum absolute atomic E-state index is 0.278. The number of benzene rings is 1. The third-order valence-corrected chi connectivity index (χ3v) is 2.56. The highest BCUT2D eigenvalue weighted by atomic mass is 16.5. The number of hydrogen-bond acceptors (Lipinski definition) is 4. The standard InChI is InChI=1S/C14H20N4O/c1-12(2)19-9-8-15-10-13-11-16-18(17-13)14-6-4-3-5-7-14/h3-7,11-12,15H,8-10H2,1-2H3. The quantitative estimate of drug-likeness (QED) is 0.771. The van der Waals surface area contributed by atoms with Gasteiger partial charge in [0.05, 0.1) is 30.3 Å². The fourth-order valence-corrected chi connectivity index (χ4v) is 1.64. The van der Waals surface area contributed by atoms with Crippen LogP contribution in [-0.2, 0) is 11.3 Å². The summed E-state index contributed by atoms with van der Waals surface area (Å²) in [6, 6.07) is 9.88. The molecule has 2 rings (SSSR count). The number of nitrogens with zero attached hydrogens (tertiary/aromatic N) is 3. The van der Waals surface area contributed by atoms with E-state index in [1.165, 1.54) is 0 Å². The number of ether oxygens (including phenoxy) is 1. The molecule has 0 unspecified atom stereocenters. The van der Waals surface area contributed by atoms with Crippen LogP contribution in [-0.4, -0.2) is 34.2 Å². The van der Waals surface area contributed by atoms with Gasteiger partial charge in [0.1, 0.15) is 0 Å². The molecule has 0 amide bonds. The second-order valence-electron chi connectivity index (χ2n) is 4.56. The number of aromatic nitrogens is 3. The lowest BCUT2D eigenvalue weighted by molar-refractivity contribution is 0.0806. The Morgan fingerprint density at radius 2 is 2.05 bits per heavy atom. The van der Waals surface area contributed by atoms with Crippen LogP contribution >= 0.6 is 0 Å². The lowest BCUT2D eigenvalue weighted by atomic mass is 10.3. The maximum absolute atomic E-state index is 5.45. The normalized spacial score (nSPS) is 11.1. The smallest absolute Gasteiger partial charge is 0.0969 e. The van der Waals surface area contributed by atoms with Gasteiger partial charge in [0.15, 0.2) is 0 Å². The second kappa shape index (κ2) is 7.01. The molecule has 1 N–H and O–H groups in total. The van der Waals surface area contributed by atoms with Crippen LogP contribution in [0.3, 0.4) is 0 Å². The lowest BCUT2D eigenvalue weighted by Gasteiger charge is -2.07. The minimum Gasteiger partial charge on any atom is -0.377 e. The molecular formula is C14H20N4O. The predicted molar refractivity (Wildman–Crippen MR) is 74.2 cm³/mol. The Morgan fingerprint density at radius 3 is 2.79 bits per heavy atom. The first kappa shape index (κ1) is 13.7. The summed E-state index contributed by atoms with van der Waals surface area (Å²) >= 11 is 0. The van der Waals surface area contributed by atoms with E-state index in [0.717, 1.165) is 17.9 Å². The molecule has 0 aliphatic carbocycles. The molecule has 0 spiro atoms. The van der Waals surface area contributed by atoms with Crippen LogP contribution in [0.1, 0.15) is 19.5 Å². The molecule has 102 valence electrons. The molecular weight excluding hydrogens is 240 g/mol. The molecule has 1 aromatic carbocycles. The Balaban J connectivity index is 1.78. The van der Waals surface area contributed by atoms with Crippen molar-refractivity contribution in [2.45, 2.75) is 26.5 Å². The zero-order valence-corrected chi connectivity index (χ0v) is 11.4. The highest BCUT2D eigenvalue weighted by Gasteiger charge is 2.02. The van der Waals surface area contributed by atoms with Gasteiger partial charge in [-0.3, -0.25) is 0 Å². The monoisotopic (exact) mass is 260 g/mol. The maximum atomic E-state index is 5.45. The van der Waals surface area contributed by atoms with Crippen LogP contribution in [0.15, 0.2) is 36.5 Å². The van der Waals surface area contributed by atoms with Gasteiger partial charge in [-0.2, -0.15) is 15.0 Å². The van der Waals surface area contributed by atoms with Gasteiger partial charge in [-0.25, -0.2) is 0 Å². The maximum Gasteiger partial charge on any atom is 0.0969 e. The highest BCUT2D eigenvalue weighted by Crippen LogP contribution is 2.03. The van der Waals surface area contributed by atoms with Gasteiger partial charge in [-0.15, -0.1) is 0 Å². The third-order valence-electron chi connectivity index (χ3n) is 2.56. The topological polar surface area (TPSA) is 52.0 Å². The molecule has 5 heteroatoms. The Bertz CT molecular complexity index is 481. The predicted octanol–water partition coefficient (Wildman–Crippen LogP) is 1.78. The first-order chi connectivity index (χ1) is 9.25. The zero-order chi connectivity index (χ0) is 13.5. The van der Waals surface area contributed by atoms with E-state index in [1.54, 1.807) is 11.0 Å². The Hall–Kier alpha value is -1.72. The summed E-state index contributed by atoms with van der Waals surface area (Å²) in [7, 11) is 0. The number of para-hydroxylation sites is 1. The van der Waals surface area contributed by atoms with Crippen LogP contribution < -0.4 is 5.32 Å². The van der Waals surface area contributed by atoms with Crippen LogP contribution in [0.5, 0.6) is 0 Å². The van der Waals surface area contributed by atoms with Crippen molar-refractivity contribution in [3.05, 3.63) is 42.2 Å². The van der Waals surface area contributed by atoms with E-state index in [2.05, 4.69) is 15.5 Å². The van der Waals surface area contributed by atoms with Crippen LogP contribution in [0.2, 0.25) is 0 Å². The van der Waals surface area contributed by atoms with Crippen molar-refractivity contribution in [3.8, 4) is 5.69 Å². The van der Waals surface area contributed by atoms with Gasteiger partial charge in [-0.1, -0.05) is 18.2 Å². The number of nitrogens with one attached hydrogen (secondary N) is 1. The van der Waals surface area contributed by atoms with Crippen molar-refractivity contribution in [2.24, 2.45) is 0 Å². The van der Waals surface area contributed by atoms with Crippen molar-refractivity contribution in [2.75, 3.05) is 13.2 Å². The van der Waals surface area contributed by atoms with Crippen LogP contribution in [0.25, 0.3) is 5.69 Å². The van der Waals surface area contributed by atoms with E-state index in [4.69, 9.17) is 4.74 Å². The average molecular weight is 260 g/mol. The SMILES string of the molecule is CC(C)OCCNCc1cnn(-c2ccccc2)n1. The fourth-order valence-electron chi connectivity index (χ4n) is 1.64. The van der Waals surface area contributed by atoms with E-state index in [1.807, 2.05) is 44.2 Å². The number of rotatable bonds is 7. The van der Waals surface area contributed by atoms with E-state index < -0.39 is 0 Å². The molecule has 19 heavy (non-hydrogen) atoms. The molecule has 1 heterocycles. The van der Waals surface area contributed by atoms with E-state index in [-0.39, 0.29) is 6.10 Å². The molecule has 0 saturated carbocycles. The summed E-state index contributed by atoms with van der Waals surface area (Å²) in [5, 5.41) is 11.9. The molecule has 2 aromatic rings. The summed E-state index contributed by atoms with van der Waals surface area (Å²) in [5.74, 6) is 0. The molecule has 1 aromatic heterocycles. The third kappa shape index (κ3) is 4.46. The van der Waals surface area contributed by atoms with Crippen LogP contribution in [0, 0.1) is 0 Å². The zero-order valence-electron chi connectivity index (χ0n) is 11.4. The summed E-state index contributed by atoms with van der Waals surface area (Å²) in [6.45, 7) is 6.30. The van der Waals surface area contributed by atoms with Crippen molar-refractivity contribution >= 4 is 0 Å². The van der Waals surface area contributed by atoms with E-state index in [0.29, 0.717) is 13.2 Å². The van der Waals surface area contributed by atoms with Crippen molar-refractivity contribution < 1.29 is 4.74 Å². The van der Waals surface area contributed by atoms with E-state index in [9.17, 15) is 0 Å². The average Bonchev–Trinajstić information content (AvgIpc) is 2.88. The van der Waals surface area contributed by atoms with Gasteiger partial charge < -0.3 is 10.1 Å². The molecule has 0 radical (unpaired) electrons. The molecule has 0 aliphatic heterocycles. The summed E-state index contributed by atoms with van der Waals surface area (Å²) in [5.41, 5.74) is 1.89. The Morgan fingerprint density at radius 1 is 1.26 bits per heavy atom.